The molecular weight excluding hydrogens is 444 g/mol. The van der Waals surface area contributed by atoms with Crippen molar-refractivity contribution in [3.63, 3.8) is 0 Å². The summed E-state index contributed by atoms with van der Waals surface area (Å²) in [5.74, 6) is 0.678. The van der Waals surface area contributed by atoms with Crippen molar-refractivity contribution in [2.45, 2.75) is 32.6 Å². The molecule has 33 heavy (non-hydrogen) atoms. The van der Waals surface area contributed by atoms with E-state index in [-0.39, 0.29) is 23.1 Å². The Morgan fingerprint density at radius 3 is 2.42 bits per heavy atom. The topological polar surface area (TPSA) is 124 Å². The first-order chi connectivity index (χ1) is 16.1. The first kappa shape index (κ1) is 22.5. The summed E-state index contributed by atoms with van der Waals surface area (Å²) in [5, 5.41) is 30.3. The van der Waals surface area contributed by atoms with E-state index >= 15 is 0 Å². The molecule has 4 rings (SSSR count). The van der Waals surface area contributed by atoms with Gasteiger partial charge in [-0.1, -0.05) is 19.4 Å². The lowest BCUT2D eigenvalue weighted by atomic mass is 9.95. The van der Waals surface area contributed by atoms with Gasteiger partial charge < -0.3 is 24.1 Å². The summed E-state index contributed by atoms with van der Waals surface area (Å²) in [7, 11) is 3.08. The summed E-state index contributed by atoms with van der Waals surface area (Å²) >= 11 is 1.47. The van der Waals surface area contributed by atoms with Crippen LogP contribution in [-0.4, -0.2) is 44.6 Å². The highest BCUT2D eigenvalue weighted by atomic mass is 32.1. The lowest BCUT2D eigenvalue weighted by Crippen LogP contribution is -2.01. The first-order valence-electron chi connectivity index (χ1n) is 10.4. The number of methoxy groups -OCH3 is 2. The molecule has 3 aromatic heterocycles. The average molecular weight is 469 g/mol. The van der Waals surface area contributed by atoms with Crippen LogP contribution in [0.4, 0.5) is 0 Å². The molecule has 0 saturated heterocycles. The van der Waals surface area contributed by atoms with E-state index in [4.69, 9.17) is 13.9 Å². The second kappa shape index (κ2) is 9.86. The van der Waals surface area contributed by atoms with Gasteiger partial charge >= 0.3 is 0 Å². The van der Waals surface area contributed by atoms with E-state index in [1.54, 1.807) is 44.1 Å². The first-order valence-corrected chi connectivity index (χ1v) is 11.3. The van der Waals surface area contributed by atoms with E-state index in [0.717, 1.165) is 17.7 Å². The Kier molecular flexibility index (Phi) is 6.74. The molecule has 0 fully saturated rings. The van der Waals surface area contributed by atoms with E-state index in [0.29, 0.717) is 47.1 Å². The van der Waals surface area contributed by atoms with Crippen LogP contribution >= 0.6 is 11.3 Å². The Morgan fingerprint density at radius 2 is 1.79 bits per heavy atom. The summed E-state index contributed by atoms with van der Waals surface area (Å²) in [6.45, 7) is 2.06. The number of hydrogen-bond acceptors (Lipinski definition) is 10. The van der Waals surface area contributed by atoms with Gasteiger partial charge in [0, 0.05) is 11.1 Å². The number of aryl methyl sites for hydroxylation is 1. The number of rotatable bonds is 9. The van der Waals surface area contributed by atoms with Gasteiger partial charge in [0.1, 0.15) is 22.8 Å². The van der Waals surface area contributed by atoms with Crippen LogP contribution in [0.1, 0.15) is 36.2 Å². The molecule has 0 saturated carbocycles. The fourth-order valence-corrected chi connectivity index (χ4v) is 4.18. The minimum Gasteiger partial charge on any atom is -0.506 e. The van der Waals surface area contributed by atoms with E-state index in [9.17, 15) is 10.2 Å². The third-order valence-electron chi connectivity index (χ3n) is 5.16. The molecule has 0 spiro atoms. The van der Waals surface area contributed by atoms with Gasteiger partial charge in [-0.15, -0.1) is 21.5 Å². The molecule has 0 atom stereocenters. The highest BCUT2D eigenvalue weighted by Gasteiger charge is 2.28. The van der Waals surface area contributed by atoms with Crippen LogP contribution in [0.15, 0.2) is 34.3 Å². The highest BCUT2D eigenvalue weighted by molar-refractivity contribution is 7.09. The maximum Gasteiger partial charge on any atom is 0.257 e. The maximum absolute atomic E-state index is 11.4. The van der Waals surface area contributed by atoms with Crippen LogP contribution < -0.4 is 9.47 Å². The zero-order valence-corrected chi connectivity index (χ0v) is 19.3. The van der Waals surface area contributed by atoms with Gasteiger partial charge in [-0.25, -0.2) is 4.98 Å². The number of benzene rings is 1. The lowest BCUT2D eigenvalue weighted by Gasteiger charge is -2.18. The largest absolute Gasteiger partial charge is 0.506 e. The van der Waals surface area contributed by atoms with Crippen LogP contribution in [0, 0.1) is 0 Å². The van der Waals surface area contributed by atoms with Crippen molar-refractivity contribution in [2.24, 2.45) is 0 Å². The van der Waals surface area contributed by atoms with E-state index in [1.807, 2.05) is 0 Å². The minimum atomic E-state index is -0.385. The molecule has 0 aliphatic rings. The molecule has 0 radical (unpaired) electrons. The van der Waals surface area contributed by atoms with Gasteiger partial charge in [0.05, 0.1) is 43.0 Å². The summed E-state index contributed by atoms with van der Waals surface area (Å²) in [5.41, 5.74) is 3.12. The van der Waals surface area contributed by atoms with Crippen molar-refractivity contribution >= 4 is 11.3 Å². The summed E-state index contributed by atoms with van der Waals surface area (Å²) in [6.07, 6.45) is 4.39. The number of aromatic hydroxyl groups is 2. The molecule has 9 nitrogen and oxygen atoms in total. The van der Waals surface area contributed by atoms with Crippen molar-refractivity contribution in [3.05, 3.63) is 46.4 Å². The fourth-order valence-electron chi connectivity index (χ4n) is 3.59. The number of nitrogens with zero attached hydrogens (tertiary/aromatic N) is 4. The maximum atomic E-state index is 11.4. The molecular formula is C23H24N4O5S. The van der Waals surface area contributed by atoms with E-state index < -0.39 is 0 Å². The number of unbranched alkanes of at least 4 members (excludes halogenated alkanes) is 1. The zero-order valence-electron chi connectivity index (χ0n) is 18.5. The van der Waals surface area contributed by atoms with Gasteiger partial charge in [-0.3, -0.25) is 4.98 Å². The highest BCUT2D eigenvalue weighted by Crippen LogP contribution is 2.49. The molecule has 0 amide bonds. The van der Waals surface area contributed by atoms with Crippen LogP contribution in [0.2, 0.25) is 0 Å². The Bertz CT molecular complexity index is 1220. The number of thiazole rings is 1. The summed E-state index contributed by atoms with van der Waals surface area (Å²) in [6, 6.07) is 5.34. The summed E-state index contributed by atoms with van der Waals surface area (Å²) in [4.78, 5) is 9.40. The molecule has 3 heterocycles. The van der Waals surface area contributed by atoms with Gasteiger partial charge in [0.25, 0.3) is 5.89 Å². The van der Waals surface area contributed by atoms with E-state index in [2.05, 4.69) is 27.1 Å². The average Bonchev–Trinajstić information content (AvgIpc) is 3.50. The van der Waals surface area contributed by atoms with Gasteiger partial charge in [0.15, 0.2) is 0 Å². The Hall–Kier alpha value is -3.66. The van der Waals surface area contributed by atoms with Crippen molar-refractivity contribution in [1.82, 2.24) is 20.2 Å². The second-order valence-corrected chi connectivity index (χ2v) is 8.24. The normalized spacial score (nSPS) is 11.0. The fraction of sp³-hybridized carbons (Fsp3) is 0.304. The number of hydrogen-bond donors (Lipinski definition) is 2. The van der Waals surface area contributed by atoms with Crippen LogP contribution in [0.25, 0.3) is 22.6 Å². The summed E-state index contributed by atoms with van der Waals surface area (Å²) < 4.78 is 16.9. The van der Waals surface area contributed by atoms with Crippen molar-refractivity contribution in [1.29, 1.82) is 0 Å². The molecule has 10 heteroatoms. The predicted molar refractivity (Wildman–Crippen MR) is 123 cm³/mol. The molecule has 172 valence electrons. The SMILES string of the molecule is CCCCc1nc(O)c(-c2nnc(Cc3cncs3)o2)c(O)c1-c1c(OC)cccc1OC. The molecule has 0 unspecified atom stereocenters. The quantitative estimate of drug-likeness (QED) is 0.362. The van der Waals surface area contributed by atoms with Crippen LogP contribution in [0.3, 0.4) is 0 Å². The van der Waals surface area contributed by atoms with Gasteiger partial charge in [-0.05, 0) is 25.0 Å². The van der Waals surface area contributed by atoms with Crippen molar-refractivity contribution in [2.75, 3.05) is 14.2 Å². The zero-order chi connectivity index (χ0) is 23.4. The number of aromatic nitrogens is 4. The second-order valence-electron chi connectivity index (χ2n) is 7.27. The minimum absolute atomic E-state index is 0.0332. The Balaban J connectivity index is 1.89. The monoisotopic (exact) mass is 468 g/mol. The molecule has 4 aromatic rings. The van der Waals surface area contributed by atoms with Crippen LogP contribution in [-0.2, 0) is 12.8 Å². The van der Waals surface area contributed by atoms with Crippen LogP contribution in [0.5, 0.6) is 23.1 Å². The van der Waals surface area contributed by atoms with E-state index in [1.165, 1.54) is 11.3 Å². The third kappa shape index (κ3) is 4.47. The van der Waals surface area contributed by atoms with Gasteiger partial charge in [-0.2, -0.15) is 0 Å². The predicted octanol–water partition coefficient (Wildman–Crippen LogP) is 4.62. The molecule has 0 aliphatic heterocycles. The number of pyridine rings is 1. The molecule has 2 N–H and O–H groups in total. The van der Waals surface area contributed by atoms with Crippen molar-refractivity contribution in [3.8, 4) is 45.7 Å². The molecule has 0 bridgehead atoms. The van der Waals surface area contributed by atoms with Crippen molar-refractivity contribution < 1.29 is 24.1 Å². The third-order valence-corrected chi connectivity index (χ3v) is 5.94. The Labute approximate surface area is 194 Å². The lowest BCUT2D eigenvalue weighted by molar-refractivity contribution is 0.395. The standard InChI is InChI=1S/C23H24N4O5S/c1-4-5-7-14-18(19-15(30-2)8-6-9-16(19)31-3)21(28)20(22(29)25-14)23-27-26-17(32-23)10-13-11-24-12-33-13/h6,8-9,11-12H,4-5,7,10H2,1-3H3,(H2,25,28,29). The number of ether oxygens (including phenoxy) is 2. The molecule has 1 aromatic carbocycles. The van der Waals surface area contributed by atoms with Gasteiger partial charge in [0.2, 0.25) is 11.8 Å². The smallest absolute Gasteiger partial charge is 0.257 e. The molecule has 0 aliphatic carbocycles. The Morgan fingerprint density at radius 1 is 1.03 bits per heavy atom.